The maximum atomic E-state index is 15.4. The fourth-order valence-electron chi connectivity index (χ4n) is 10.2. The number of hydrogen-bond donors (Lipinski definition) is 4. The number of ether oxygens (including phenoxy) is 11. The van der Waals surface area contributed by atoms with Crippen LogP contribution in [0.3, 0.4) is 0 Å². The molecule has 10 aromatic carbocycles. The van der Waals surface area contributed by atoms with Crippen LogP contribution in [0.5, 0.6) is 51.7 Å². The average molecular weight is 1270 g/mol. The van der Waals surface area contributed by atoms with Crippen molar-refractivity contribution in [2.24, 2.45) is 0 Å². The molecule has 94 heavy (non-hydrogen) atoms. The van der Waals surface area contributed by atoms with E-state index in [-0.39, 0.29) is 91.7 Å². The molecule has 5 unspecified atom stereocenters. The van der Waals surface area contributed by atoms with Gasteiger partial charge < -0.3 is 72.5 Å². The highest BCUT2D eigenvalue weighted by Gasteiger charge is 2.52. The molecule has 0 radical (unpaired) electrons. The lowest BCUT2D eigenvalue weighted by atomic mass is 9.97. The Balaban J connectivity index is 0.970. The van der Waals surface area contributed by atoms with Gasteiger partial charge in [0.25, 0.3) is 0 Å². The highest BCUT2D eigenvalue weighted by Crippen LogP contribution is 2.43. The molecular weight excluding hydrogens is 1200 g/mol. The second-order valence-electron chi connectivity index (χ2n) is 21.8. The van der Waals surface area contributed by atoms with Crippen molar-refractivity contribution >= 4 is 17.9 Å². The normalized spacial score (nSPS) is 15.8. The van der Waals surface area contributed by atoms with Gasteiger partial charge in [-0.2, -0.15) is 0 Å². The Labute approximate surface area is 542 Å². The molecule has 0 saturated carbocycles. The van der Waals surface area contributed by atoms with Crippen LogP contribution < -0.4 is 23.7 Å². The van der Waals surface area contributed by atoms with Gasteiger partial charge in [0.1, 0.15) is 51.8 Å². The van der Waals surface area contributed by atoms with Gasteiger partial charge >= 0.3 is 17.9 Å². The van der Waals surface area contributed by atoms with E-state index >= 15 is 4.79 Å². The van der Waals surface area contributed by atoms with Crippen LogP contribution in [0.2, 0.25) is 0 Å². The molecule has 0 bridgehead atoms. The summed E-state index contributed by atoms with van der Waals surface area (Å²) in [5.41, 5.74) is 4.53. The molecule has 5 atom stereocenters. The predicted octanol–water partition coefficient (Wildman–Crippen LogP) is 13.5. The lowest BCUT2D eigenvalue weighted by Crippen LogP contribution is -2.62. The van der Waals surface area contributed by atoms with Gasteiger partial charge in [-0.1, -0.05) is 212 Å². The van der Waals surface area contributed by atoms with Crippen LogP contribution >= 0.6 is 0 Å². The van der Waals surface area contributed by atoms with E-state index in [0.717, 1.165) is 52.1 Å². The van der Waals surface area contributed by atoms with Crippen LogP contribution in [-0.4, -0.2) is 75.6 Å². The van der Waals surface area contributed by atoms with Gasteiger partial charge in [0.05, 0.1) is 29.9 Å². The molecule has 1 heterocycles. The van der Waals surface area contributed by atoms with E-state index in [1.165, 1.54) is 12.1 Å². The zero-order chi connectivity index (χ0) is 65.0. The minimum atomic E-state index is -1.78. The molecule has 0 aliphatic carbocycles. The Morgan fingerprint density at radius 3 is 0.989 bits per heavy atom. The van der Waals surface area contributed by atoms with Crippen molar-refractivity contribution in [3.8, 4) is 51.7 Å². The van der Waals surface area contributed by atoms with E-state index in [0.29, 0.717) is 11.1 Å². The predicted molar refractivity (Wildman–Crippen MR) is 343 cm³/mol. The van der Waals surface area contributed by atoms with Gasteiger partial charge in [-0.25, -0.2) is 14.4 Å². The highest BCUT2D eigenvalue weighted by atomic mass is 16.7. The van der Waals surface area contributed by atoms with Gasteiger partial charge in [0.2, 0.25) is 23.5 Å². The zero-order valence-corrected chi connectivity index (χ0v) is 50.7. The first kappa shape index (κ1) is 64.2. The standard InChI is InChI=1S/C76H66O18/c77-60-36-57(37-61(78)67(60)86-44-52-26-12-3-13-27-52)73(81)91-49-66-70(93-74(82)58-38-62(79)68(63(80)39-58)87-45-53-28-14-4-15-29-53)71(89-47-55-32-18-6-19-33-55)72(90-48-56-34-20-7-21-35-56)76(92-66)94-75(83)59-40-64(84-42-50-22-8-1-9-23-50)69(88-46-54-30-16-5-17-31-54)65(41-59)85-43-51-24-10-2-11-25-51/h1-41,66,70-72,76-80H,42-49H2. The van der Waals surface area contributed by atoms with Crippen molar-refractivity contribution in [3.05, 3.63) is 304 Å². The van der Waals surface area contributed by atoms with Gasteiger partial charge in [-0.05, 0) is 75.3 Å². The van der Waals surface area contributed by atoms with E-state index < -0.39 is 78.2 Å². The number of phenolic OH excluding ortho intramolecular Hbond substituents is 4. The van der Waals surface area contributed by atoms with Crippen LogP contribution in [-0.2, 0) is 74.7 Å². The SMILES string of the molecule is O=C(OCC1OC(OC(=O)c2cc(OCc3ccccc3)c(OCc3ccccc3)c(OCc3ccccc3)c2)C(OCc2ccccc2)C(OCc2ccccc2)C1OC(=O)c1cc(O)c(OCc2ccccc2)c(O)c1)c1cc(O)c(OCc2ccccc2)c(O)c1. The average Bonchev–Trinajstić information content (AvgIpc) is 0.816. The van der Waals surface area contributed by atoms with Crippen molar-refractivity contribution in [2.75, 3.05) is 6.61 Å². The van der Waals surface area contributed by atoms with Crippen molar-refractivity contribution in [3.63, 3.8) is 0 Å². The fourth-order valence-corrected chi connectivity index (χ4v) is 10.2. The van der Waals surface area contributed by atoms with Gasteiger partial charge in [-0.15, -0.1) is 0 Å². The van der Waals surface area contributed by atoms with Crippen LogP contribution in [0, 0.1) is 0 Å². The first-order valence-corrected chi connectivity index (χ1v) is 30.2. The summed E-state index contributed by atoms with van der Waals surface area (Å²) in [5.74, 6) is -5.71. The molecule has 0 amide bonds. The molecule has 1 aliphatic heterocycles. The van der Waals surface area contributed by atoms with Gasteiger partial charge in [-0.3, -0.25) is 0 Å². The minimum Gasteiger partial charge on any atom is -0.504 e. The number of esters is 3. The monoisotopic (exact) mass is 1270 g/mol. The molecule has 478 valence electrons. The fraction of sp³-hybridized carbons (Fsp3) is 0.171. The summed E-state index contributed by atoms with van der Waals surface area (Å²) in [4.78, 5) is 44.4. The number of aromatic hydroxyl groups is 4. The first-order chi connectivity index (χ1) is 46.0. The first-order valence-electron chi connectivity index (χ1n) is 30.2. The quantitative estimate of drug-likeness (QED) is 0.0264. The van der Waals surface area contributed by atoms with Gasteiger partial charge in [0, 0.05) is 0 Å². The van der Waals surface area contributed by atoms with Crippen LogP contribution in [0.15, 0.2) is 249 Å². The Bertz CT molecular complexity index is 3980. The third kappa shape index (κ3) is 17.2. The maximum absolute atomic E-state index is 15.4. The Morgan fingerprint density at radius 2 is 0.617 bits per heavy atom. The number of phenols is 4. The molecule has 4 N–H and O–H groups in total. The Morgan fingerprint density at radius 1 is 0.319 bits per heavy atom. The van der Waals surface area contributed by atoms with E-state index in [1.807, 2.05) is 140 Å². The molecular formula is C76H66O18. The molecule has 1 saturated heterocycles. The van der Waals surface area contributed by atoms with E-state index in [1.54, 1.807) is 72.8 Å². The summed E-state index contributed by atoms with van der Waals surface area (Å²) in [6, 6.07) is 71.5. The van der Waals surface area contributed by atoms with E-state index in [2.05, 4.69) is 0 Å². The van der Waals surface area contributed by atoms with Crippen LogP contribution in [0.4, 0.5) is 0 Å². The number of rotatable bonds is 28. The molecule has 18 heteroatoms. The molecule has 1 aliphatic rings. The van der Waals surface area contributed by atoms with Crippen molar-refractivity contribution in [1.29, 1.82) is 0 Å². The molecule has 10 aromatic rings. The lowest BCUT2D eigenvalue weighted by molar-refractivity contribution is -0.304. The Kier molecular flexibility index (Phi) is 21.6. The number of hydrogen-bond acceptors (Lipinski definition) is 18. The summed E-state index contributed by atoms with van der Waals surface area (Å²) in [6.07, 6.45) is -8.00. The Hall–Kier alpha value is -11.3. The van der Waals surface area contributed by atoms with Gasteiger partial charge in [0.15, 0.2) is 46.7 Å². The summed E-state index contributed by atoms with van der Waals surface area (Å²) in [7, 11) is 0. The lowest BCUT2D eigenvalue weighted by Gasteiger charge is -2.44. The number of benzene rings is 10. The van der Waals surface area contributed by atoms with Crippen molar-refractivity contribution in [1.82, 2.24) is 0 Å². The largest absolute Gasteiger partial charge is 0.504 e. The van der Waals surface area contributed by atoms with Crippen LogP contribution in [0.25, 0.3) is 0 Å². The minimum absolute atomic E-state index is 0.0213. The second kappa shape index (κ2) is 31.6. The smallest absolute Gasteiger partial charge is 0.340 e. The molecule has 18 nitrogen and oxygen atoms in total. The summed E-state index contributed by atoms with van der Waals surface area (Å²) in [6.45, 7) is -0.919. The van der Waals surface area contributed by atoms with E-state index in [9.17, 15) is 30.0 Å². The summed E-state index contributed by atoms with van der Waals surface area (Å²) < 4.78 is 70.1. The molecule has 1 fully saturated rings. The molecule has 0 spiro atoms. The maximum Gasteiger partial charge on any atom is 0.340 e. The molecule has 0 aromatic heterocycles. The number of carbonyl (C=O) groups excluding carboxylic acids is 3. The van der Waals surface area contributed by atoms with Crippen molar-refractivity contribution in [2.45, 2.75) is 77.0 Å². The third-order valence-corrected chi connectivity index (χ3v) is 15.0. The van der Waals surface area contributed by atoms with E-state index in [4.69, 9.17) is 52.1 Å². The highest BCUT2D eigenvalue weighted by molar-refractivity contribution is 5.93. The summed E-state index contributed by atoms with van der Waals surface area (Å²) >= 11 is 0. The second-order valence-corrected chi connectivity index (χ2v) is 21.8. The third-order valence-electron chi connectivity index (χ3n) is 15.0. The van der Waals surface area contributed by atoms with Crippen molar-refractivity contribution < 1.29 is 86.9 Å². The number of carbonyl (C=O) groups is 3. The van der Waals surface area contributed by atoms with Crippen LogP contribution in [0.1, 0.15) is 70.0 Å². The topological polar surface area (TPSA) is 234 Å². The zero-order valence-electron chi connectivity index (χ0n) is 50.7. The summed E-state index contributed by atoms with van der Waals surface area (Å²) in [5, 5.41) is 44.9. The molecule has 11 rings (SSSR count).